The molecule has 0 aliphatic carbocycles. The van der Waals surface area contributed by atoms with Gasteiger partial charge in [-0.05, 0) is 19.3 Å². The number of ether oxygens (including phenoxy) is 1. The van der Waals surface area contributed by atoms with E-state index in [1.54, 1.807) is 0 Å². The van der Waals surface area contributed by atoms with Crippen molar-refractivity contribution >= 4 is 5.91 Å². The van der Waals surface area contributed by atoms with E-state index in [1.807, 2.05) is 20.8 Å². The Hall–Kier alpha value is -0.570. The van der Waals surface area contributed by atoms with Gasteiger partial charge in [0.2, 0.25) is 5.91 Å². The molecule has 0 radical (unpaired) electrons. The molecule has 0 spiro atoms. The summed E-state index contributed by atoms with van der Waals surface area (Å²) in [6, 6.07) is 0.228. The smallest absolute Gasteiger partial charge is 0.222 e. The molecular formula is C12H27NO2. The molecule has 92 valence electrons. The Kier molecular flexibility index (Phi) is 7.39. The van der Waals surface area contributed by atoms with Crippen molar-refractivity contribution in [1.82, 2.24) is 5.32 Å². The molecule has 0 aliphatic heterocycles. The molecule has 0 aromatic carbocycles. The van der Waals surface area contributed by atoms with Crippen LogP contribution >= 0.6 is 0 Å². The van der Waals surface area contributed by atoms with Gasteiger partial charge in [-0.2, -0.15) is 0 Å². The summed E-state index contributed by atoms with van der Waals surface area (Å²) in [7, 11) is 0. The second kappa shape index (κ2) is 7.69. The standard InChI is InChI=1S/C12H25NO2.H2/c1-6-15-8-7-11(9(2)3)13-12(14)10(4)5;/h9-11H,6-8H2,1-5H3,(H,13,14);1H. The number of nitrogens with one attached hydrogen (secondary N) is 1. The molecule has 1 N–H and O–H groups in total. The topological polar surface area (TPSA) is 38.3 Å². The lowest BCUT2D eigenvalue weighted by Crippen LogP contribution is -2.41. The monoisotopic (exact) mass is 217 g/mol. The Balaban J connectivity index is 0. The number of hydrogen-bond acceptors (Lipinski definition) is 2. The second-order valence-electron chi connectivity index (χ2n) is 4.50. The van der Waals surface area contributed by atoms with Gasteiger partial charge in [0, 0.05) is 26.6 Å². The van der Waals surface area contributed by atoms with Crippen molar-refractivity contribution in [2.75, 3.05) is 13.2 Å². The molecule has 3 nitrogen and oxygen atoms in total. The lowest BCUT2D eigenvalue weighted by Gasteiger charge is -2.23. The number of rotatable bonds is 7. The SMILES string of the molecule is CCOCCC(NC(=O)C(C)C)C(C)C.[HH]. The first-order valence-corrected chi connectivity index (χ1v) is 5.87. The van der Waals surface area contributed by atoms with Gasteiger partial charge in [-0.25, -0.2) is 0 Å². The lowest BCUT2D eigenvalue weighted by molar-refractivity contribution is -0.125. The summed E-state index contributed by atoms with van der Waals surface area (Å²) < 4.78 is 5.30. The highest BCUT2D eigenvalue weighted by atomic mass is 16.5. The Morgan fingerprint density at radius 1 is 1.33 bits per heavy atom. The van der Waals surface area contributed by atoms with E-state index in [9.17, 15) is 4.79 Å². The maximum atomic E-state index is 11.5. The van der Waals surface area contributed by atoms with Gasteiger partial charge in [0.1, 0.15) is 0 Å². The van der Waals surface area contributed by atoms with Crippen LogP contribution in [0.25, 0.3) is 0 Å². The number of amides is 1. The zero-order valence-corrected chi connectivity index (χ0v) is 10.7. The van der Waals surface area contributed by atoms with Gasteiger partial charge < -0.3 is 10.1 Å². The maximum Gasteiger partial charge on any atom is 0.222 e. The Morgan fingerprint density at radius 3 is 2.33 bits per heavy atom. The van der Waals surface area contributed by atoms with Gasteiger partial charge in [0.25, 0.3) is 0 Å². The van der Waals surface area contributed by atoms with Gasteiger partial charge in [0.05, 0.1) is 0 Å². The molecule has 0 aliphatic rings. The average molecular weight is 217 g/mol. The van der Waals surface area contributed by atoms with Gasteiger partial charge in [-0.1, -0.05) is 27.7 Å². The second-order valence-corrected chi connectivity index (χ2v) is 4.50. The molecule has 15 heavy (non-hydrogen) atoms. The van der Waals surface area contributed by atoms with Gasteiger partial charge in [0.15, 0.2) is 0 Å². The fourth-order valence-corrected chi connectivity index (χ4v) is 1.28. The molecular weight excluding hydrogens is 190 g/mol. The molecule has 0 heterocycles. The summed E-state index contributed by atoms with van der Waals surface area (Å²) in [5.74, 6) is 0.636. The molecule has 1 unspecified atom stereocenters. The molecule has 0 aromatic heterocycles. The highest BCUT2D eigenvalue weighted by Crippen LogP contribution is 2.07. The highest BCUT2D eigenvalue weighted by molar-refractivity contribution is 5.78. The molecule has 0 saturated carbocycles. The van der Waals surface area contributed by atoms with Crippen LogP contribution in [0.5, 0.6) is 0 Å². The van der Waals surface area contributed by atoms with Crippen molar-refractivity contribution in [3.05, 3.63) is 0 Å². The van der Waals surface area contributed by atoms with E-state index >= 15 is 0 Å². The third-order valence-electron chi connectivity index (χ3n) is 2.43. The Labute approximate surface area is 95.1 Å². The molecule has 0 aromatic rings. The summed E-state index contributed by atoms with van der Waals surface area (Å²) in [6.45, 7) is 11.5. The van der Waals surface area contributed by atoms with Crippen LogP contribution in [-0.4, -0.2) is 25.2 Å². The highest BCUT2D eigenvalue weighted by Gasteiger charge is 2.17. The van der Waals surface area contributed by atoms with Crippen LogP contribution in [-0.2, 0) is 9.53 Å². The van der Waals surface area contributed by atoms with Gasteiger partial charge in [-0.15, -0.1) is 0 Å². The minimum atomic E-state index is 0. The van der Waals surface area contributed by atoms with Crippen LogP contribution in [0.2, 0.25) is 0 Å². The van der Waals surface area contributed by atoms with Gasteiger partial charge >= 0.3 is 0 Å². The van der Waals surface area contributed by atoms with Crippen LogP contribution in [0.1, 0.15) is 42.5 Å². The van der Waals surface area contributed by atoms with Crippen molar-refractivity contribution in [2.45, 2.75) is 47.1 Å². The van der Waals surface area contributed by atoms with Crippen molar-refractivity contribution in [2.24, 2.45) is 11.8 Å². The number of carbonyl (C=O) groups is 1. The largest absolute Gasteiger partial charge is 0.382 e. The van der Waals surface area contributed by atoms with Crippen LogP contribution < -0.4 is 5.32 Å². The van der Waals surface area contributed by atoms with E-state index in [-0.39, 0.29) is 19.3 Å². The molecule has 3 heteroatoms. The van der Waals surface area contributed by atoms with Crippen molar-refractivity contribution in [1.29, 1.82) is 0 Å². The first kappa shape index (κ1) is 14.4. The van der Waals surface area contributed by atoms with Crippen molar-refractivity contribution < 1.29 is 11.0 Å². The van der Waals surface area contributed by atoms with E-state index in [2.05, 4.69) is 19.2 Å². The van der Waals surface area contributed by atoms with Crippen LogP contribution in [0.4, 0.5) is 0 Å². The normalized spacial score (nSPS) is 13.3. The van der Waals surface area contributed by atoms with Crippen LogP contribution in [0, 0.1) is 11.8 Å². The molecule has 0 rings (SSSR count). The summed E-state index contributed by atoms with van der Waals surface area (Å²) in [4.78, 5) is 11.5. The predicted octanol–water partition coefficient (Wildman–Crippen LogP) is 2.46. The van der Waals surface area contributed by atoms with Crippen LogP contribution in [0.15, 0.2) is 0 Å². The minimum absolute atomic E-state index is 0. The fraction of sp³-hybridized carbons (Fsp3) is 0.917. The predicted molar refractivity (Wildman–Crippen MR) is 64.8 cm³/mol. The fourth-order valence-electron chi connectivity index (χ4n) is 1.28. The number of hydrogen-bond donors (Lipinski definition) is 1. The summed E-state index contributed by atoms with van der Waals surface area (Å²) in [5, 5.41) is 3.06. The third-order valence-corrected chi connectivity index (χ3v) is 2.43. The molecule has 0 saturated heterocycles. The molecule has 1 atom stereocenters. The molecule has 1 amide bonds. The van der Waals surface area contributed by atoms with E-state index in [0.29, 0.717) is 5.92 Å². The van der Waals surface area contributed by atoms with E-state index in [4.69, 9.17) is 4.74 Å². The van der Waals surface area contributed by atoms with E-state index in [0.717, 1.165) is 19.6 Å². The summed E-state index contributed by atoms with van der Waals surface area (Å²) in [5.41, 5.74) is 0. The number of carbonyl (C=O) groups excluding carboxylic acids is 1. The molecule has 0 bridgehead atoms. The first-order valence-electron chi connectivity index (χ1n) is 5.87. The van der Waals surface area contributed by atoms with E-state index in [1.165, 1.54) is 0 Å². The first-order chi connectivity index (χ1) is 6.99. The Bertz CT molecular complexity index is 184. The molecule has 0 fully saturated rings. The zero-order valence-electron chi connectivity index (χ0n) is 10.7. The summed E-state index contributed by atoms with van der Waals surface area (Å²) in [6.07, 6.45) is 0.893. The summed E-state index contributed by atoms with van der Waals surface area (Å²) >= 11 is 0. The minimum Gasteiger partial charge on any atom is -0.382 e. The zero-order chi connectivity index (χ0) is 11.8. The van der Waals surface area contributed by atoms with E-state index < -0.39 is 0 Å². The lowest BCUT2D eigenvalue weighted by atomic mass is 10.0. The maximum absolute atomic E-state index is 11.5. The quantitative estimate of drug-likeness (QED) is 0.665. The Morgan fingerprint density at radius 2 is 1.93 bits per heavy atom. The van der Waals surface area contributed by atoms with Crippen molar-refractivity contribution in [3.63, 3.8) is 0 Å². The van der Waals surface area contributed by atoms with Gasteiger partial charge in [-0.3, -0.25) is 4.79 Å². The van der Waals surface area contributed by atoms with Crippen molar-refractivity contribution in [3.8, 4) is 0 Å². The average Bonchev–Trinajstić information content (AvgIpc) is 2.15. The third kappa shape index (κ3) is 6.50. The van der Waals surface area contributed by atoms with Crippen LogP contribution in [0.3, 0.4) is 0 Å².